The van der Waals surface area contributed by atoms with Crippen LogP contribution in [0.5, 0.6) is 5.75 Å². The van der Waals surface area contributed by atoms with E-state index in [1.165, 1.54) is 0 Å². The van der Waals surface area contributed by atoms with E-state index in [0.29, 0.717) is 23.1 Å². The third kappa shape index (κ3) is 2.97. The van der Waals surface area contributed by atoms with Crippen LogP contribution in [-0.2, 0) is 17.3 Å². The van der Waals surface area contributed by atoms with E-state index >= 15 is 0 Å². The first kappa shape index (κ1) is 16.5. The molecule has 0 saturated carbocycles. The summed E-state index contributed by atoms with van der Waals surface area (Å²) < 4.78 is 0. The predicted molar refractivity (Wildman–Crippen MR) is 79.6 cm³/mol. The van der Waals surface area contributed by atoms with E-state index < -0.39 is 5.97 Å². The Balaban J connectivity index is 3.89. The highest BCUT2D eigenvalue weighted by molar-refractivity contribution is 5.91. The van der Waals surface area contributed by atoms with Gasteiger partial charge in [-0.05, 0) is 40.0 Å². The molecule has 0 unspecified atom stereocenters. The van der Waals surface area contributed by atoms with E-state index in [2.05, 4.69) is 0 Å². The number of carbonyl (C=O) groups is 1. The van der Waals surface area contributed by atoms with Crippen LogP contribution in [0.25, 0.3) is 0 Å². The van der Waals surface area contributed by atoms with Crippen molar-refractivity contribution >= 4 is 5.97 Å². The molecule has 3 heteroatoms. The minimum atomic E-state index is -0.960. The van der Waals surface area contributed by atoms with Crippen molar-refractivity contribution in [2.75, 3.05) is 0 Å². The zero-order chi connectivity index (χ0) is 15.9. The zero-order valence-electron chi connectivity index (χ0n) is 13.5. The quantitative estimate of drug-likeness (QED) is 0.898. The molecule has 0 atom stereocenters. The smallest absolute Gasteiger partial charge is 0.335 e. The molecular weight excluding hydrogens is 252 g/mol. The van der Waals surface area contributed by atoms with E-state index in [1.54, 1.807) is 6.07 Å². The van der Waals surface area contributed by atoms with Crippen molar-refractivity contribution in [3.63, 3.8) is 0 Å². The maximum absolute atomic E-state index is 12.8. The second kappa shape index (κ2) is 5.12. The van der Waals surface area contributed by atoms with Crippen molar-refractivity contribution < 1.29 is 15.0 Å². The molecular formula is C17H25O3-. The fraction of sp³-hybridized carbons (Fsp3) is 0.588. The molecule has 0 aromatic heterocycles. The Labute approximate surface area is 121 Å². The van der Waals surface area contributed by atoms with E-state index in [4.69, 9.17) is 0 Å². The third-order valence-corrected chi connectivity index (χ3v) is 3.53. The van der Waals surface area contributed by atoms with Gasteiger partial charge < -0.3 is 10.2 Å². The lowest BCUT2D eigenvalue weighted by Gasteiger charge is -2.36. The monoisotopic (exact) mass is 277 g/mol. The number of hydrogen-bond donors (Lipinski definition) is 1. The molecule has 1 aromatic carbocycles. The Bertz CT molecular complexity index is 529. The third-order valence-electron chi connectivity index (χ3n) is 3.53. The van der Waals surface area contributed by atoms with Crippen LogP contribution in [-0.4, -0.2) is 11.1 Å². The van der Waals surface area contributed by atoms with Crippen LogP contribution >= 0.6 is 0 Å². The van der Waals surface area contributed by atoms with Crippen molar-refractivity contribution in [3.8, 4) is 5.75 Å². The van der Waals surface area contributed by atoms with Gasteiger partial charge in [0.05, 0.1) is 5.56 Å². The van der Waals surface area contributed by atoms with Crippen LogP contribution in [0.4, 0.5) is 0 Å². The zero-order valence-corrected chi connectivity index (χ0v) is 13.5. The van der Waals surface area contributed by atoms with E-state index in [-0.39, 0.29) is 22.1 Å². The second-order valence-electron chi connectivity index (χ2n) is 7.31. The largest absolute Gasteiger partial charge is 0.872 e. The summed E-state index contributed by atoms with van der Waals surface area (Å²) in [7, 11) is 0. The van der Waals surface area contributed by atoms with Gasteiger partial charge in [0, 0.05) is 0 Å². The summed E-state index contributed by atoms with van der Waals surface area (Å²) in [5.41, 5.74) is 1.42. The maximum atomic E-state index is 12.8. The summed E-state index contributed by atoms with van der Waals surface area (Å²) in [5.74, 6) is -0.968. The van der Waals surface area contributed by atoms with Crippen molar-refractivity contribution in [2.45, 2.75) is 65.7 Å². The minimum Gasteiger partial charge on any atom is -0.872 e. The highest BCUT2D eigenvalue weighted by atomic mass is 16.4. The molecule has 0 saturated heterocycles. The number of carboxylic acid groups (broad SMARTS) is 1. The van der Waals surface area contributed by atoms with Crippen LogP contribution < -0.4 is 5.11 Å². The topological polar surface area (TPSA) is 60.4 Å². The van der Waals surface area contributed by atoms with Crippen molar-refractivity contribution in [2.24, 2.45) is 0 Å². The van der Waals surface area contributed by atoms with Crippen LogP contribution in [0.15, 0.2) is 6.07 Å². The van der Waals surface area contributed by atoms with E-state index in [9.17, 15) is 15.0 Å². The lowest BCUT2D eigenvalue weighted by atomic mass is 9.75. The standard InChI is InChI=1S/C17H26O3/c1-8-10-11(15(19)20)9-12(16(2,3)4)14(18)13(10)17(5,6)7/h9,18H,8H2,1-7H3,(H,19,20)/p-1. The second-order valence-corrected chi connectivity index (χ2v) is 7.31. The summed E-state index contributed by atoms with van der Waals surface area (Å²) in [6, 6.07) is 1.57. The van der Waals surface area contributed by atoms with Crippen molar-refractivity contribution in [1.29, 1.82) is 0 Å². The van der Waals surface area contributed by atoms with Crippen molar-refractivity contribution in [1.82, 2.24) is 0 Å². The first-order valence-electron chi connectivity index (χ1n) is 7.02. The molecule has 0 aliphatic heterocycles. The summed E-state index contributed by atoms with van der Waals surface area (Å²) in [6.45, 7) is 13.6. The van der Waals surface area contributed by atoms with Gasteiger partial charge in [-0.25, -0.2) is 4.79 Å². The Kier molecular flexibility index (Phi) is 4.23. The lowest BCUT2D eigenvalue weighted by Crippen LogP contribution is -2.25. The molecule has 0 aliphatic rings. The van der Waals surface area contributed by atoms with E-state index in [0.717, 1.165) is 0 Å². The Morgan fingerprint density at radius 3 is 1.95 bits per heavy atom. The van der Waals surface area contributed by atoms with Gasteiger partial charge in [-0.1, -0.05) is 48.5 Å². The first-order valence-corrected chi connectivity index (χ1v) is 7.02. The molecule has 0 fully saturated rings. The average Bonchev–Trinajstić information content (AvgIpc) is 2.23. The van der Waals surface area contributed by atoms with Crippen LogP contribution in [0.3, 0.4) is 0 Å². The van der Waals surface area contributed by atoms with Gasteiger partial charge in [0.2, 0.25) is 0 Å². The normalized spacial score (nSPS) is 12.6. The number of benzene rings is 1. The Morgan fingerprint density at radius 1 is 1.15 bits per heavy atom. The molecule has 0 bridgehead atoms. The lowest BCUT2D eigenvalue weighted by molar-refractivity contribution is -0.271. The minimum absolute atomic E-state index is 0.00755. The molecule has 1 rings (SSSR count). The fourth-order valence-corrected chi connectivity index (χ4v) is 2.61. The molecule has 0 aliphatic carbocycles. The predicted octanol–water partition coefficient (Wildman–Crippen LogP) is 3.62. The number of rotatable bonds is 2. The summed E-state index contributed by atoms with van der Waals surface area (Å²) in [4.78, 5) is 11.5. The molecule has 0 radical (unpaired) electrons. The molecule has 0 heterocycles. The molecule has 1 N–H and O–H groups in total. The van der Waals surface area contributed by atoms with Crippen LogP contribution in [0, 0.1) is 0 Å². The number of aromatic carboxylic acids is 1. The highest BCUT2D eigenvalue weighted by Gasteiger charge is 2.27. The van der Waals surface area contributed by atoms with Gasteiger partial charge in [0.15, 0.2) is 0 Å². The molecule has 1 aromatic rings. The van der Waals surface area contributed by atoms with Crippen LogP contribution in [0.2, 0.25) is 0 Å². The van der Waals surface area contributed by atoms with Gasteiger partial charge in [0.1, 0.15) is 0 Å². The summed E-state index contributed by atoms with van der Waals surface area (Å²) >= 11 is 0. The van der Waals surface area contributed by atoms with Gasteiger partial charge in [-0.2, -0.15) is 0 Å². The summed E-state index contributed by atoms with van der Waals surface area (Å²) in [6.07, 6.45) is 0.550. The van der Waals surface area contributed by atoms with Gasteiger partial charge in [-0.3, -0.25) is 0 Å². The first-order chi connectivity index (χ1) is 8.91. The average molecular weight is 277 g/mol. The maximum Gasteiger partial charge on any atom is 0.335 e. The fourth-order valence-electron chi connectivity index (χ4n) is 2.61. The Morgan fingerprint density at radius 2 is 1.65 bits per heavy atom. The summed E-state index contributed by atoms with van der Waals surface area (Å²) in [5, 5.41) is 22.3. The molecule has 20 heavy (non-hydrogen) atoms. The SMILES string of the molecule is CCc1c(C(=O)O)cc(C(C)(C)C)c([O-])c1C(C)(C)C. The van der Waals surface area contributed by atoms with Crippen LogP contribution in [0.1, 0.15) is 75.5 Å². The van der Waals surface area contributed by atoms with Gasteiger partial charge >= 0.3 is 5.97 Å². The number of hydrogen-bond acceptors (Lipinski definition) is 2. The van der Waals surface area contributed by atoms with Gasteiger partial charge in [0.25, 0.3) is 0 Å². The highest BCUT2D eigenvalue weighted by Crippen LogP contribution is 2.41. The molecule has 3 nitrogen and oxygen atoms in total. The molecule has 0 amide bonds. The van der Waals surface area contributed by atoms with E-state index in [1.807, 2.05) is 48.5 Å². The molecule has 112 valence electrons. The van der Waals surface area contributed by atoms with Crippen molar-refractivity contribution in [3.05, 3.63) is 28.3 Å². The number of carboxylic acids is 1. The van der Waals surface area contributed by atoms with Gasteiger partial charge in [-0.15, -0.1) is 5.75 Å². The molecule has 0 spiro atoms. The Hall–Kier alpha value is -1.51.